The third kappa shape index (κ3) is 6.10. The summed E-state index contributed by atoms with van der Waals surface area (Å²) in [6.45, 7) is 4.15. The normalized spacial score (nSPS) is 10.0. The van der Waals surface area contributed by atoms with Crippen molar-refractivity contribution in [2.24, 2.45) is 0 Å². The first-order chi connectivity index (χ1) is 9.27. The van der Waals surface area contributed by atoms with Crippen LogP contribution in [0.4, 0.5) is 0 Å². The minimum Gasteiger partial charge on any atom is -0.493 e. The molecule has 0 heterocycles. The monoisotopic (exact) mass is 266 g/mol. The molecule has 1 aromatic carbocycles. The van der Waals surface area contributed by atoms with Crippen LogP contribution in [-0.2, 0) is 4.79 Å². The molecule has 0 unspecified atom stereocenters. The number of rotatable bonds is 9. The van der Waals surface area contributed by atoms with Gasteiger partial charge in [-0.25, -0.2) is 0 Å². The van der Waals surface area contributed by atoms with E-state index in [-0.39, 0.29) is 5.91 Å². The topological polar surface area (TPSA) is 59.6 Å². The Hall–Kier alpha value is -1.75. The molecular weight excluding hydrogens is 244 g/mol. The fourth-order valence-electron chi connectivity index (χ4n) is 1.50. The van der Waals surface area contributed by atoms with Crippen LogP contribution >= 0.6 is 0 Å². The molecule has 1 rings (SSSR count). The molecule has 19 heavy (non-hydrogen) atoms. The Morgan fingerprint density at radius 1 is 1.21 bits per heavy atom. The van der Waals surface area contributed by atoms with E-state index >= 15 is 0 Å². The molecule has 1 amide bonds. The quantitative estimate of drug-likeness (QED) is 0.659. The summed E-state index contributed by atoms with van der Waals surface area (Å²) >= 11 is 0. The van der Waals surface area contributed by atoms with Crippen molar-refractivity contribution in [1.29, 1.82) is 0 Å². The lowest BCUT2D eigenvalue weighted by molar-refractivity contribution is -0.120. The second kappa shape index (κ2) is 9.22. The number of hydrogen-bond donors (Lipinski definition) is 2. The van der Waals surface area contributed by atoms with Gasteiger partial charge in [-0.2, -0.15) is 0 Å². The summed E-state index contributed by atoms with van der Waals surface area (Å²) in [5.74, 6) is 1.43. The van der Waals surface area contributed by atoms with Crippen LogP contribution in [0.15, 0.2) is 24.3 Å². The van der Waals surface area contributed by atoms with E-state index in [2.05, 4.69) is 10.6 Å². The maximum absolute atomic E-state index is 11.3. The van der Waals surface area contributed by atoms with Crippen molar-refractivity contribution in [3.8, 4) is 11.5 Å². The van der Waals surface area contributed by atoms with E-state index in [9.17, 15) is 4.79 Å². The van der Waals surface area contributed by atoms with Crippen molar-refractivity contribution in [3.63, 3.8) is 0 Å². The SMILES string of the molecule is CCCNC(=O)CNCCOc1ccccc1OC. The number of para-hydroxylation sites is 2. The predicted octanol–water partition coefficient (Wildman–Crippen LogP) is 1.19. The molecule has 0 radical (unpaired) electrons. The van der Waals surface area contributed by atoms with E-state index in [4.69, 9.17) is 9.47 Å². The van der Waals surface area contributed by atoms with Crippen LogP contribution in [0.2, 0.25) is 0 Å². The van der Waals surface area contributed by atoms with Gasteiger partial charge in [0.15, 0.2) is 11.5 Å². The second-order valence-electron chi connectivity index (χ2n) is 4.03. The van der Waals surface area contributed by atoms with Gasteiger partial charge in [-0.15, -0.1) is 0 Å². The minimum atomic E-state index is 0.0131. The molecule has 5 nitrogen and oxygen atoms in total. The molecule has 0 atom stereocenters. The highest BCUT2D eigenvalue weighted by Gasteiger charge is 2.02. The number of ether oxygens (including phenoxy) is 2. The second-order valence-corrected chi connectivity index (χ2v) is 4.03. The first-order valence-corrected chi connectivity index (χ1v) is 6.51. The van der Waals surface area contributed by atoms with Crippen molar-refractivity contribution < 1.29 is 14.3 Å². The van der Waals surface area contributed by atoms with Gasteiger partial charge in [0.25, 0.3) is 0 Å². The van der Waals surface area contributed by atoms with Gasteiger partial charge in [0.05, 0.1) is 13.7 Å². The summed E-state index contributed by atoms with van der Waals surface area (Å²) in [6, 6.07) is 7.49. The average molecular weight is 266 g/mol. The number of nitrogens with one attached hydrogen (secondary N) is 2. The summed E-state index contributed by atoms with van der Waals surface area (Å²) in [5, 5.41) is 5.82. The van der Waals surface area contributed by atoms with E-state index in [0.29, 0.717) is 31.2 Å². The molecule has 0 aliphatic heterocycles. The molecule has 1 aromatic rings. The van der Waals surface area contributed by atoms with Crippen LogP contribution < -0.4 is 20.1 Å². The van der Waals surface area contributed by atoms with Crippen molar-refractivity contribution >= 4 is 5.91 Å². The summed E-state index contributed by atoms with van der Waals surface area (Å²) < 4.78 is 10.7. The molecule has 0 fully saturated rings. The molecule has 0 saturated carbocycles. The first-order valence-electron chi connectivity index (χ1n) is 6.51. The Kier molecular flexibility index (Phi) is 7.43. The first kappa shape index (κ1) is 15.3. The molecule has 0 aromatic heterocycles. The van der Waals surface area contributed by atoms with Crippen molar-refractivity contribution in [2.45, 2.75) is 13.3 Å². The maximum Gasteiger partial charge on any atom is 0.233 e. The van der Waals surface area contributed by atoms with Crippen LogP contribution in [0.3, 0.4) is 0 Å². The molecule has 0 spiro atoms. The molecule has 5 heteroatoms. The largest absolute Gasteiger partial charge is 0.493 e. The van der Waals surface area contributed by atoms with Gasteiger partial charge >= 0.3 is 0 Å². The smallest absolute Gasteiger partial charge is 0.233 e. The molecule has 0 saturated heterocycles. The summed E-state index contributed by atoms with van der Waals surface area (Å²) in [5.41, 5.74) is 0. The Labute approximate surface area is 114 Å². The van der Waals surface area contributed by atoms with Gasteiger partial charge in [0, 0.05) is 13.1 Å². The fourth-order valence-corrected chi connectivity index (χ4v) is 1.50. The number of methoxy groups -OCH3 is 1. The fraction of sp³-hybridized carbons (Fsp3) is 0.500. The average Bonchev–Trinajstić information content (AvgIpc) is 2.45. The van der Waals surface area contributed by atoms with Crippen molar-refractivity contribution in [1.82, 2.24) is 10.6 Å². The molecule has 0 bridgehead atoms. The molecule has 2 N–H and O–H groups in total. The summed E-state index contributed by atoms with van der Waals surface area (Å²) in [6.07, 6.45) is 0.947. The zero-order valence-electron chi connectivity index (χ0n) is 11.6. The van der Waals surface area contributed by atoms with Gasteiger partial charge in [-0.05, 0) is 18.6 Å². The van der Waals surface area contributed by atoms with E-state index < -0.39 is 0 Å². The Bertz CT molecular complexity index is 383. The highest BCUT2D eigenvalue weighted by Crippen LogP contribution is 2.25. The lowest BCUT2D eigenvalue weighted by atomic mass is 10.3. The zero-order valence-corrected chi connectivity index (χ0v) is 11.6. The van der Waals surface area contributed by atoms with E-state index in [1.54, 1.807) is 7.11 Å². The van der Waals surface area contributed by atoms with Gasteiger partial charge in [0.1, 0.15) is 6.61 Å². The van der Waals surface area contributed by atoms with Gasteiger partial charge in [-0.1, -0.05) is 19.1 Å². The Balaban J connectivity index is 2.15. The molecule has 0 aliphatic carbocycles. The zero-order chi connectivity index (χ0) is 13.9. The maximum atomic E-state index is 11.3. The lowest BCUT2D eigenvalue weighted by Gasteiger charge is -2.10. The van der Waals surface area contributed by atoms with E-state index in [1.807, 2.05) is 31.2 Å². The highest BCUT2D eigenvalue weighted by atomic mass is 16.5. The molecular formula is C14H22N2O3. The van der Waals surface area contributed by atoms with Crippen LogP contribution in [0.25, 0.3) is 0 Å². The van der Waals surface area contributed by atoms with Gasteiger partial charge in [0.2, 0.25) is 5.91 Å². The number of carbonyl (C=O) groups excluding carboxylic acids is 1. The lowest BCUT2D eigenvalue weighted by Crippen LogP contribution is -2.35. The summed E-state index contributed by atoms with van der Waals surface area (Å²) in [4.78, 5) is 11.3. The number of benzene rings is 1. The van der Waals surface area contributed by atoms with Crippen LogP contribution in [0, 0.1) is 0 Å². The van der Waals surface area contributed by atoms with Gasteiger partial charge in [-0.3, -0.25) is 4.79 Å². The number of carbonyl (C=O) groups is 1. The van der Waals surface area contributed by atoms with E-state index in [0.717, 1.165) is 13.0 Å². The summed E-state index contributed by atoms with van der Waals surface area (Å²) in [7, 11) is 1.61. The Morgan fingerprint density at radius 2 is 1.95 bits per heavy atom. The van der Waals surface area contributed by atoms with Crippen molar-refractivity contribution in [3.05, 3.63) is 24.3 Å². The van der Waals surface area contributed by atoms with Crippen LogP contribution in [0.5, 0.6) is 11.5 Å². The van der Waals surface area contributed by atoms with Crippen LogP contribution in [-0.4, -0.2) is 39.3 Å². The highest BCUT2D eigenvalue weighted by molar-refractivity contribution is 5.77. The number of hydrogen-bond acceptors (Lipinski definition) is 4. The van der Waals surface area contributed by atoms with Crippen LogP contribution in [0.1, 0.15) is 13.3 Å². The van der Waals surface area contributed by atoms with E-state index in [1.165, 1.54) is 0 Å². The molecule has 0 aliphatic rings. The van der Waals surface area contributed by atoms with Gasteiger partial charge < -0.3 is 20.1 Å². The Morgan fingerprint density at radius 3 is 2.63 bits per heavy atom. The third-order valence-electron chi connectivity index (χ3n) is 2.46. The predicted molar refractivity (Wildman–Crippen MR) is 74.7 cm³/mol. The molecule has 106 valence electrons. The number of amides is 1. The van der Waals surface area contributed by atoms with Crippen molar-refractivity contribution in [2.75, 3.05) is 33.4 Å². The standard InChI is InChI=1S/C14H22N2O3/c1-3-8-16-14(17)11-15-9-10-19-13-7-5-4-6-12(13)18-2/h4-7,15H,3,8-11H2,1-2H3,(H,16,17). The third-order valence-corrected chi connectivity index (χ3v) is 2.46. The minimum absolute atomic E-state index is 0.0131.